The average Bonchev–Trinajstić information content (AvgIpc) is 2.04. The summed E-state index contributed by atoms with van der Waals surface area (Å²) in [7, 11) is 0. The molecule has 72 valence electrons. The first-order chi connectivity index (χ1) is 6.13. The molecule has 0 aliphatic carbocycles. The summed E-state index contributed by atoms with van der Waals surface area (Å²) in [5, 5.41) is 0. The van der Waals surface area contributed by atoms with Crippen molar-refractivity contribution >= 4 is 46.0 Å². The maximum atomic E-state index is 2.44. The fourth-order valence-electron chi connectivity index (χ4n) is 1.26. The second-order valence-corrected chi connectivity index (χ2v) is 9.98. The normalized spacial score (nSPS) is 13.7. The first kappa shape index (κ1) is 11.5. The molecule has 0 spiro atoms. The summed E-state index contributed by atoms with van der Waals surface area (Å²) in [5.74, 6) is 0. The molecule has 0 aliphatic rings. The van der Waals surface area contributed by atoms with Crippen molar-refractivity contribution in [3.8, 4) is 0 Å². The molecule has 0 heterocycles. The standard InChI is InChI=1S/C11H14I2/c1-9(12)11(13(2)3)10-7-5-4-6-8-10/h4-8H,1-3H3/b11-9+. The van der Waals surface area contributed by atoms with Crippen LogP contribution in [0.4, 0.5) is 0 Å². The molecule has 0 bridgehead atoms. The van der Waals surface area contributed by atoms with Crippen molar-refractivity contribution in [2.75, 3.05) is 9.86 Å². The molecule has 0 atom stereocenters. The van der Waals surface area contributed by atoms with E-state index in [1.54, 1.807) is 3.58 Å². The van der Waals surface area contributed by atoms with Crippen LogP contribution in [0.3, 0.4) is 0 Å². The van der Waals surface area contributed by atoms with Gasteiger partial charge in [-0.1, -0.05) is 0 Å². The summed E-state index contributed by atoms with van der Waals surface area (Å²) < 4.78 is 3.07. The quantitative estimate of drug-likeness (QED) is 0.504. The Morgan fingerprint density at radius 2 is 1.69 bits per heavy atom. The van der Waals surface area contributed by atoms with Gasteiger partial charge in [0.05, 0.1) is 0 Å². The van der Waals surface area contributed by atoms with Gasteiger partial charge < -0.3 is 0 Å². The van der Waals surface area contributed by atoms with Crippen molar-refractivity contribution in [3.63, 3.8) is 0 Å². The van der Waals surface area contributed by atoms with Crippen LogP contribution in [0.5, 0.6) is 0 Å². The van der Waals surface area contributed by atoms with Crippen LogP contribution in [-0.4, -0.2) is 9.86 Å². The van der Waals surface area contributed by atoms with Gasteiger partial charge in [0.1, 0.15) is 0 Å². The number of allylic oxidation sites excluding steroid dienone is 1. The van der Waals surface area contributed by atoms with Crippen molar-refractivity contribution in [2.45, 2.75) is 6.92 Å². The second kappa shape index (κ2) is 5.34. The van der Waals surface area contributed by atoms with Crippen LogP contribution >= 0.6 is 42.4 Å². The third-order valence-corrected chi connectivity index (χ3v) is 6.87. The first-order valence-corrected chi connectivity index (χ1v) is 10.5. The van der Waals surface area contributed by atoms with Gasteiger partial charge in [-0.05, 0) is 0 Å². The number of benzene rings is 1. The van der Waals surface area contributed by atoms with E-state index in [0.29, 0.717) is 0 Å². The van der Waals surface area contributed by atoms with E-state index < -0.39 is 19.8 Å². The molecule has 1 rings (SSSR count). The molecule has 1 aromatic carbocycles. The van der Waals surface area contributed by atoms with Crippen LogP contribution in [-0.2, 0) is 0 Å². The summed E-state index contributed by atoms with van der Waals surface area (Å²) in [4.78, 5) is 4.79. The van der Waals surface area contributed by atoms with E-state index in [2.05, 4.69) is 69.7 Å². The van der Waals surface area contributed by atoms with Crippen LogP contribution in [0.15, 0.2) is 33.9 Å². The Bertz CT molecular complexity index is 295. The van der Waals surface area contributed by atoms with E-state index in [4.69, 9.17) is 0 Å². The molecule has 0 saturated heterocycles. The predicted molar refractivity (Wildman–Crippen MR) is 78.9 cm³/mol. The van der Waals surface area contributed by atoms with Crippen molar-refractivity contribution in [3.05, 3.63) is 39.5 Å². The third-order valence-electron chi connectivity index (χ3n) is 1.71. The zero-order valence-electron chi connectivity index (χ0n) is 8.14. The van der Waals surface area contributed by atoms with Crippen molar-refractivity contribution < 1.29 is 0 Å². The van der Waals surface area contributed by atoms with E-state index in [9.17, 15) is 0 Å². The molecule has 0 N–H and O–H groups in total. The van der Waals surface area contributed by atoms with Gasteiger partial charge in [0, 0.05) is 0 Å². The first-order valence-electron chi connectivity index (χ1n) is 4.04. The van der Waals surface area contributed by atoms with Crippen LogP contribution in [0.25, 0.3) is 3.58 Å². The van der Waals surface area contributed by atoms with E-state index in [1.807, 2.05) is 0 Å². The van der Waals surface area contributed by atoms with E-state index in [0.717, 1.165) is 0 Å². The Hall–Kier alpha value is 0.420. The minimum atomic E-state index is -0.864. The molecule has 1 aromatic rings. The Morgan fingerprint density at radius 1 is 1.15 bits per heavy atom. The van der Waals surface area contributed by atoms with Gasteiger partial charge in [-0.15, -0.1) is 0 Å². The zero-order chi connectivity index (χ0) is 9.84. The van der Waals surface area contributed by atoms with Crippen molar-refractivity contribution in [1.29, 1.82) is 0 Å². The number of halogens is 2. The zero-order valence-corrected chi connectivity index (χ0v) is 12.5. The Labute approximate surface area is 101 Å². The molecular formula is C11H14I2. The number of hydrogen-bond acceptors (Lipinski definition) is 0. The minimum absolute atomic E-state index is 0.864. The van der Waals surface area contributed by atoms with Crippen LogP contribution in [0.1, 0.15) is 12.5 Å². The van der Waals surface area contributed by atoms with E-state index in [-0.39, 0.29) is 0 Å². The molecule has 0 radical (unpaired) electrons. The summed E-state index contributed by atoms with van der Waals surface area (Å²) in [6, 6.07) is 10.8. The Balaban J connectivity index is 3.12. The van der Waals surface area contributed by atoms with E-state index >= 15 is 0 Å². The molecular weight excluding hydrogens is 386 g/mol. The summed E-state index contributed by atoms with van der Waals surface area (Å²) in [5.41, 5.74) is 1.42. The fourth-order valence-corrected chi connectivity index (χ4v) is 7.40. The average molecular weight is 400 g/mol. The number of alkyl halides is 2. The molecule has 0 aliphatic heterocycles. The Kier molecular flexibility index (Phi) is 4.72. The Morgan fingerprint density at radius 3 is 2.08 bits per heavy atom. The molecule has 0 aromatic heterocycles. The van der Waals surface area contributed by atoms with Gasteiger partial charge in [0.2, 0.25) is 0 Å². The fraction of sp³-hybridized carbons (Fsp3) is 0.273. The number of rotatable bonds is 2. The summed E-state index contributed by atoms with van der Waals surface area (Å²) in [6.07, 6.45) is 0. The SMILES string of the molecule is C/C(I)=C(/c1ccccc1)I(C)C. The van der Waals surface area contributed by atoms with Gasteiger partial charge >= 0.3 is 102 Å². The molecule has 0 saturated carbocycles. The molecule has 0 nitrogen and oxygen atoms in total. The van der Waals surface area contributed by atoms with Gasteiger partial charge in [-0.3, -0.25) is 0 Å². The molecule has 0 amide bonds. The van der Waals surface area contributed by atoms with Gasteiger partial charge in [0.15, 0.2) is 0 Å². The molecule has 0 fully saturated rings. The molecule has 2 heteroatoms. The second-order valence-electron chi connectivity index (χ2n) is 2.97. The molecule has 0 unspecified atom stereocenters. The van der Waals surface area contributed by atoms with Gasteiger partial charge in [0.25, 0.3) is 0 Å². The van der Waals surface area contributed by atoms with E-state index in [1.165, 1.54) is 9.14 Å². The van der Waals surface area contributed by atoms with Crippen molar-refractivity contribution in [1.82, 2.24) is 0 Å². The van der Waals surface area contributed by atoms with Gasteiger partial charge in [-0.2, -0.15) is 0 Å². The summed E-state index contributed by atoms with van der Waals surface area (Å²) >= 11 is 1.58. The topological polar surface area (TPSA) is 0 Å². The summed E-state index contributed by atoms with van der Waals surface area (Å²) in [6.45, 7) is 2.21. The number of hydrogen-bond donors (Lipinski definition) is 0. The van der Waals surface area contributed by atoms with Crippen molar-refractivity contribution in [2.24, 2.45) is 0 Å². The van der Waals surface area contributed by atoms with Crippen LogP contribution in [0.2, 0.25) is 0 Å². The monoisotopic (exact) mass is 400 g/mol. The predicted octanol–water partition coefficient (Wildman–Crippen LogP) is 4.58. The third kappa shape index (κ3) is 3.23. The van der Waals surface area contributed by atoms with Crippen LogP contribution in [0, 0.1) is 0 Å². The maximum absolute atomic E-state index is 2.44. The molecule has 13 heavy (non-hydrogen) atoms. The van der Waals surface area contributed by atoms with Crippen LogP contribution < -0.4 is 0 Å². The van der Waals surface area contributed by atoms with Gasteiger partial charge in [-0.25, -0.2) is 0 Å².